The first kappa shape index (κ1) is 9.89. The van der Waals surface area contributed by atoms with E-state index in [1.54, 1.807) is 13.8 Å². The molecule has 0 unspecified atom stereocenters. The van der Waals surface area contributed by atoms with Crippen LogP contribution in [0.1, 0.15) is 26.7 Å². The van der Waals surface area contributed by atoms with Crippen LogP contribution in [0.15, 0.2) is 0 Å². The fraction of sp³-hybridized carbons (Fsp3) is 0.667. The zero-order valence-corrected chi connectivity index (χ0v) is 7.87. The van der Waals surface area contributed by atoms with Gasteiger partial charge in [0.15, 0.2) is 0 Å². The summed E-state index contributed by atoms with van der Waals surface area (Å²) < 4.78 is 0. The quantitative estimate of drug-likeness (QED) is 0.469. The van der Waals surface area contributed by atoms with Gasteiger partial charge in [-0.15, -0.1) is 0 Å². The highest BCUT2D eigenvalue weighted by atomic mass is 16.2. The SMILES string of the molecule is CC1(C)CC(=O)N(CCC=O)C1=O. The van der Waals surface area contributed by atoms with Crippen molar-refractivity contribution in [2.45, 2.75) is 26.7 Å². The molecule has 0 aliphatic carbocycles. The molecule has 0 aromatic heterocycles. The minimum Gasteiger partial charge on any atom is -0.303 e. The Hall–Kier alpha value is -1.19. The maximum atomic E-state index is 11.5. The lowest BCUT2D eigenvalue weighted by Gasteiger charge is -2.16. The summed E-state index contributed by atoms with van der Waals surface area (Å²) in [5.74, 6) is -0.337. The number of imide groups is 1. The fourth-order valence-corrected chi connectivity index (χ4v) is 1.44. The van der Waals surface area contributed by atoms with Gasteiger partial charge in [0.25, 0.3) is 0 Å². The van der Waals surface area contributed by atoms with Gasteiger partial charge in [0.05, 0.1) is 5.41 Å². The van der Waals surface area contributed by atoms with Gasteiger partial charge in [0, 0.05) is 19.4 Å². The molecule has 1 fully saturated rings. The molecule has 0 aromatic rings. The van der Waals surface area contributed by atoms with E-state index in [-0.39, 0.29) is 31.2 Å². The van der Waals surface area contributed by atoms with Crippen molar-refractivity contribution >= 4 is 18.1 Å². The van der Waals surface area contributed by atoms with Crippen LogP contribution in [-0.4, -0.2) is 29.5 Å². The molecule has 72 valence electrons. The number of amides is 2. The van der Waals surface area contributed by atoms with Crippen molar-refractivity contribution in [3.63, 3.8) is 0 Å². The van der Waals surface area contributed by atoms with E-state index >= 15 is 0 Å². The highest BCUT2D eigenvalue weighted by molar-refractivity contribution is 6.05. The third-order valence-corrected chi connectivity index (χ3v) is 2.19. The Morgan fingerprint density at radius 1 is 1.46 bits per heavy atom. The van der Waals surface area contributed by atoms with E-state index in [0.717, 1.165) is 0 Å². The van der Waals surface area contributed by atoms with E-state index in [0.29, 0.717) is 6.29 Å². The minimum absolute atomic E-state index is 0.167. The smallest absolute Gasteiger partial charge is 0.235 e. The van der Waals surface area contributed by atoms with Crippen molar-refractivity contribution in [1.29, 1.82) is 0 Å². The Morgan fingerprint density at radius 2 is 2.08 bits per heavy atom. The van der Waals surface area contributed by atoms with E-state index in [2.05, 4.69) is 0 Å². The maximum absolute atomic E-state index is 11.5. The van der Waals surface area contributed by atoms with Crippen LogP contribution < -0.4 is 0 Å². The Morgan fingerprint density at radius 3 is 2.46 bits per heavy atom. The molecule has 0 atom stereocenters. The molecule has 1 heterocycles. The number of rotatable bonds is 3. The van der Waals surface area contributed by atoms with Gasteiger partial charge < -0.3 is 4.79 Å². The van der Waals surface area contributed by atoms with Crippen LogP contribution in [0.25, 0.3) is 0 Å². The monoisotopic (exact) mass is 183 g/mol. The predicted molar refractivity (Wildman–Crippen MR) is 45.8 cm³/mol. The average Bonchev–Trinajstić information content (AvgIpc) is 2.21. The second-order valence-corrected chi connectivity index (χ2v) is 3.87. The first-order valence-electron chi connectivity index (χ1n) is 4.27. The maximum Gasteiger partial charge on any atom is 0.235 e. The lowest BCUT2D eigenvalue weighted by molar-refractivity contribution is -0.140. The van der Waals surface area contributed by atoms with Gasteiger partial charge in [-0.05, 0) is 0 Å². The van der Waals surface area contributed by atoms with Crippen LogP contribution in [0.3, 0.4) is 0 Å². The lowest BCUT2D eigenvalue weighted by Crippen LogP contribution is -2.33. The largest absolute Gasteiger partial charge is 0.303 e. The van der Waals surface area contributed by atoms with E-state index < -0.39 is 5.41 Å². The molecule has 1 aliphatic heterocycles. The molecule has 13 heavy (non-hydrogen) atoms. The first-order chi connectivity index (χ1) is 5.99. The summed E-state index contributed by atoms with van der Waals surface area (Å²) in [4.78, 5) is 34.1. The standard InChI is InChI=1S/C9H13NO3/c1-9(2)6-7(12)10(8(9)13)4-3-5-11/h5H,3-4,6H2,1-2H3. The number of carbonyl (C=O) groups excluding carboxylic acids is 3. The zero-order valence-electron chi connectivity index (χ0n) is 7.87. The number of hydrogen-bond donors (Lipinski definition) is 0. The first-order valence-corrected chi connectivity index (χ1v) is 4.27. The molecular weight excluding hydrogens is 170 g/mol. The van der Waals surface area contributed by atoms with Crippen molar-refractivity contribution in [1.82, 2.24) is 4.90 Å². The second-order valence-electron chi connectivity index (χ2n) is 3.87. The molecular formula is C9H13NO3. The molecule has 4 heteroatoms. The fourth-order valence-electron chi connectivity index (χ4n) is 1.44. The highest BCUT2D eigenvalue weighted by Crippen LogP contribution is 2.31. The number of hydrogen-bond acceptors (Lipinski definition) is 3. The number of likely N-dealkylation sites (tertiary alicyclic amines) is 1. The topological polar surface area (TPSA) is 54.5 Å². The zero-order chi connectivity index (χ0) is 10.1. The summed E-state index contributed by atoms with van der Waals surface area (Å²) in [6.07, 6.45) is 1.20. The highest BCUT2D eigenvalue weighted by Gasteiger charge is 2.44. The van der Waals surface area contributed by atoms with Crippen molar-refractivity contribution in [2.75, 3.05) is 6.54 Å². The third kappa shape index (κ3) is 1.76. The molecule has 4 nitrogen and oxygen atoms in total. The number of aldehydes is 1. The lowest BCUT2D eigenvalue weighted by atomic mass is 9.92. The summed E-state index contributed by atoms with van der Waals surface area (Å²) in [7, 11) is 0. The summed E-state index contributed by atoms with van der Waals surface area (Å²) in [6, 6.07) is 0. The summed E-state index contributed by atoms with van der Waals surface area (Å²) in [5.41, 5.74) is -0.583. The van der Waals surface area contributed by atoms with Gasteiger partial charge >= 0.3 is 0 Å². The number of carbonyl (C=O) groups is 3. The van der Waals surface area contributed by atoms with Gasteiger partial charge in [-0.25, -0.2) is 0 Å². The molecule has 0 aromatic carbocycles. The van der Waals surface area contributed by atoms with E-state index in [9.17, 15) is 14.4 Å². The Kier molecular flexibility index (Phi) is 2.50. The van der Waals surface area contributed by atoms with Crippen LogP contribution >= 0.6 is 0 Å². The van der Waals surface area contributed by atoms with E-state index in [1.165, 1.54) is 4.90 Å². The Bertz CT molecular complexity index is 258. The molecule has 1 saturated heterocycles. The molecule has 2 amide bonds. The third-order valence-electron chi connectivity index (χ3n) is 2.19. The Balaban J connectivity index is 2.71. The summed E-state index contributed by atoms with van der Waals surface area (Å²) >= 11 is 0. The van der Waals surface area contributed by atoms with Crippen molar-refractivity contribution < 1.29 is 14.4 Å². The molecule has 0 spiro atoms. The molecule has 1 aliphatic rings. The predicted octanol–water partition coefficient (Wildman–Crippen LogP) is 0.361. The molecule has 0 saturated carbocycles. The summed E-state index contributed by atoms with van der Waals surface area (Å²) in [5, 5.41) is 0. The van der Waals surface area contributed by atoms with Crippen LogP contribution in [0.2, 0.25) is 0 Å². The van der Waals surface area contributed by atoms with Gasteiger partial charge in [-0.3, -0.25) is 14.5 Å². The van der Waals surface area contributed by atoms with Crippen LogP contribution in [-0.2, 0) is 14.4 Å². The van der Waals surface area contributed by atoms with Gasteiger partial charge in [0.2, 0.25) is 11.8 Å². The molecule has 0 radical (unpaired) electrons. The van der Waals surface area contributed by atoms with Gasteiger partial charge in [0.1, 0.15) is 6.29 Å². The normalized spacial score (nSPS) is 20.9. The van der Waals surface area contributed by atoms with Crippen molar-refractivity contribution in [3.05, 3.63) is 0 Å². The number of nitrogens with zero attached hydrogens (tertiary/aromatic N) is 1. The van der Waals surface area contributed by atoms with Crippen LogP contribution in [0.4, 0.5) is 0 Å². The van der Waals surface area contributed by atoms with Gasteiger partial charge in [-0.1, -0.05) is 13.8 Å². The Labute approximate surface area is 76.9 Å². The average molecular weight is 183 g/mol. The molecule has 0 bridgehead atoms. The van der Waals surface area contributed by atoms with E-state index in [1.807, 2.05) is 0 Å². The van der Waals surface area contributed by atoms with Crippen molar-refractivity contribution in [3.8, 4) is 0 Å². The van der Waals surface area contributed by atoms with Crippen molar-refractivity contribution in [2.24, 2.45) is 5.41 Å². The second kappa shape index (κ2) is 3.28. The molecule has 1 rings (SSSR count). The van der Waals surface area contributed by atoms with E-state index in [4.69, 9.17) is 0 Å². The summed E-state index contributed by atoms with van der Waals surface area (Å²) in [6.45, 7) is 3.72. The minimum atomic E-state index is -0.583. The van der Waals surface area contributed by atoms with Gasteiger partial charge in [-0.2, -0.15) is 0 Å². The molecule has 0 N–H and O–H groups in total. The van der Waals surface area contributed by atoms with Crippen LogP contribution in [0, 0.1) is 5.41 Å². The van der Waals surface area contributed by atoms with Crippen LogP contribution in [0.5, 0.6) is 0 Å².